The molecule has 1 saturated carbocycles. The predicted molar refractivity (Wildman–Crippen MR) is 138 cm³/mol. The first-order valence-electron chi connectivity index (χ1n) is 13.2. The van der Waals surface area contributed by atoms with Gasteiger partial charge in [0.05, 0.1) is 19.3 Å². The maximum atomic E-state index is 13.0. The van der Waals surface area contributed by atoms with E-state index in [1.165, 1.54) is 18.2 Å². The third-order valence-electron chi connectivity index (χ3n) is 6.70. The number of halogens is 3. The fourth-order valence-corrected chi connectivity index (χ4v) is 4.61. The van der Waals surface area contributed by atoms with Gasteiger partial charge in [-0.25, -0.2) is 9.78 Å². The summed E-state index contributed by atoms with van der Waals surface area (Å²) in [6.07, 6.45) is 0.148. The smallest absolute Gasteiger partial charge is 0.456 e. The molecule has 0 radical (unpaired) electrons. The van der Waals surface area contributed by atoms with Crippen molar-refractivity contribution >= 4 is 11.8 Å². The summed E-state index contributed by atoms with van der Waals surface area (Å²) in [5.74, 6) is 5.94. The van der Waals surface area contributed by atoms with Gasteiger partial charge in [0.2, 0.25) is 0 Å². The number of pyridine rings is 1. The van der Waals surface area contributed by atoms with E-state index in [4.69, 9.17) is 14.0 Å². The third kappa shape index (κ3) is 6.93. The van der Waals surface area contributed by atoms with Crippen LogP contribution in [0.4, 0.5) is 19.0 Å². The first kappa shape index (κ1) is 27.5. The lowest BCUT2D eigenvalue weighted by molar-refractivity contribution is -0.274. The number of piperidine rings is 1. The van der Waals surface area contributed by atoms with Crippen molar-refractivity contribution in [3.8, 4) is 28.8 Å². The Morgan fingerprint density at radius 2 is 1.90 bits per heavy atom. The lowest BCUT2D eigenvalue weighted by atomic mass is 10.0. The number of alkyl halides is 3. The maximum Gasteiger partial charge on any atom is 0.573 e. The zero-order valence-corrected chi connectivity index (χ0v) is 21.9. The molecular formula is C29H28F3N3O5. The standard InChI is InChI=1S/C29H28F3N3O5/c1-2-37-26(36)12-8-19-7-11-25(33-17-19)35-15-13-21(14-16-35)38-18-23-27(34-40-28(23)20-9-10-20)22-5-3-4-6-24(22)39-29(30,31)32/h3-7,11,17,20-21H,2,9-10,13-16,18H2,1H3. The number of hydrogen-bond donors (Lipinski definition) is 0. The van der Waals surface area contributed by atoms with Crippen molar-refractivity contribution in [3.63, 3.8) is 0 Å². The molecule has 0 bridgehead atoms. The summed E-state index contributed by atoms with van der Waals surface area (Å²) in [5.41, 5.74) is 1.82. The summed E-state index contributed by atoms with van der Waals surface area (Å²) < 4.78 is 60.0. The number of hydrogen-bond acceptors (Lipinski definition) is 8. The Balaban J connectivity index is 1.22. The summed E-state index contributed by atoms with van der Waals surface area (Å²) in [5, 5.41) is 4.14. The van der Waals surface area contributed by atoms with E-state index in [1.807, 2.05) is 12.1 Å². The number of anilines is 1. The molecule has 1 saturated heterocycles. The van der Waals surface area contributed by atoms with Gasteiger partial charge in [-0.05, 0) is 56.9 Å². The minimum absolute atomic E-state index is 0.0394. The molecule has 2 aliphatic rings. The summed E-state index contributed by atoms with van der Waals surface area (Å²) in [6.45, 7) is 3.62. The molecule has 0 spiro atoms. The Bertz CT molecular complexity index is 1380. The number of para-hydroxylation sites is 1. The van der Waals surface area contributed by atoms with Gasteiger partial charge in [-0.2, -0.15) is 0 Å². The Hall–Kier alpha value is -4.04. The second kappa shape index (κ2) is 12.0. The normalized spacial score (nSPS) is 15.8. The van der Waals surface area contributed by atoms with Crippen molar-refractivity contribution in [1.82, 2.24) is 10.1 Å². The molecule has 11 heteroatoms. The summed E-state index contributed by atoms with van der Waals surface area (Å²) >= 11 is 0. The van der Waals surface area contributed by atoms with Gasteiger partial charge >= 0.3 is 12.3 Å². The Kier molecular flexibility index (Phi) is 8.26. The van der Waals surface area contributed by atoms with Gasteiger partial charge in [-0.15, -0.1) is 13.2 Å². The SMILES string of the molecule is CCOC(=O)C#Cc1ccc(N2CCC(OCc3c(-c4ccccc4OC(F)(F)F)noc3C3CC3)CC2)nc1. The van der Waals surface area contributed by atoms with Crippen LogP contribution >= 0.6 is 0 Å². The molecule has 0 amide bonds. The van der Waals surface area contributed by atoms with Crippen LogP contribution in [-0.4, -0.2) is 48.3 Å². The Morgan fingerprint density at radius 3 is 2.58 bits per heavy atom. The topological polar surface area (TPSA) is 86.9 Å². The number of rotatable bonds is 8. The molecule has 3 aromatic rings. The predicted octanol–water partition coefficient (Wildman–Crippen LogP) is 5.61. The Morgan fingerprint density at radius 1 is 1.12 bits per heavy atom. The van der Waals surface area contributed by atoms with Gasteiger partial charge < -0.3 is 23.6 Å². The van der Waals surface area contributed by atoms with Gasteiger partial charge in [0.1, 0.15) is 23.0 Å². The lowest BCUT2D eigenvalue weighted by Gasteiger charge is -2.32. The van der Waals surface area contributed by atoms with Crippen LogP contribution in [-0.2, 0) is 20.9 Å². The van der Waals surface area contributed by atoms with Gasteiger partial charge in [0.25, 0.3) is 0 Å². The van der Waals surface area contributed by atoms with Crippen molar-refractivity contribution in [1.29, 1.82) is 0 Å². The average molecular weight is 556 g/mol. The first-order valence-corrected chi connectivity index (χ1v) is 13.2. The molecule has 2 fully saturated rings. The fraction of sp³-hybridized carbons (Fsp3) is 0.414. The van der Waals surface area contributed by atoms with E-state index in [-0.39, 0.29) is 36.5 Å². The van der Waals surface area contributed by atoms with Crippen LogP contribution in [0.1, 0.15) is 55.4 Å². The summed E-state index contributed by atoms with van der Waals surface area (Å²) in [7, 11) is 0. The highest BCUT2D eigenvalue weighted by Crippen LogP contribution is 2.45. The highest BCUT2D eigenvalue weighted by Gasteiger charge is 2.36. The van der Waals surface area contributed by atoms with E-state index in [2.05, 4.69) is 31.6 Å². The molecule has 1 aliphatic heterocycles. The molecule has 2 aromatic heterocycles. The molecule has 1 aromatic carbocycles. The van der Waals surface area contributed by atoms with Crippen molar-refractivity contribution in [2.75, 3.05) is 24.6 Å². The highest BCUT2D eigenvalue weighted by molar-refractivity contribution is 5.89. The van der Waals surface area contributed by atoms with E-state index in [0.717, 1.165) is 44.6 Å². The van der Waals surface area contributed by atoms with E-state index < -0.39 is 12.3 Å². The summed E-state index contributed by atoms with van der Waals surface area (Å²) in [6, 6.07) is 9.60. The van der Waals surface area contributed by atoms with E-state index in [9.17, 15) is 18.0 Å². The number of aromatic nitrogens is 2. The zero-order valence-electron chi connectivity index (χ0n) is 21.9. The molecule has 0 unspecified atom stereocenters. The number of carbonyl (C=O) groups excluding carboxylic acids is 1. The van der Waals surface area contributed by atoms with Crippen molar-refractivity contribution in [2.24, 2.45) is 0 Å². The second-order valence-electron chi connectivity index (χ2n) is 9.57. The van der Waals surface area contributed by atoms with E-state index in [0.29, 0.717) is 22.6 Å². The molecular weight excluding hydrogens is 527 g/mol. The minimum Gasteiger partial charge on any atom is -0.456 e. The third-order valence-corrected chi connectivity index (χ3v) is 6.70. The number of nitrogens with zero attached hydrogens (tertiary/aromatic N) is 3. The molecule has 40 heavy (non-hydrogen) atoms. The minimum atomic E-state index is -4.82. The molecule has 0 atom stereocenters. The molecule has 0 N–H and O–H groups in total. The van der Waals surface area contributed by atoms with Crippen LogP contribution in [0.2, 0.25) is 0 Å². The van der Waals surface area contributed by atoms with Crippen molar-refractivity contribution < 1.29 is 36.7 Å². The van der Waals surface area contributed by atoms with Crippen LogP contribution in [0.25, 0.3) is 11.3 Å². The molecule has 210 valence electrons. The first-order chi connectivity index (χ1) is 19.3. The van der Waals surface area contributed by atoms with Crippen LogP contribution in [0.15, 0.2) is 47.1 Å². The highest BCUT2D eigenvalue weighted by atomic mass is 19.4. The average Bonchev–Trinajstić information content (AvgIpc) is 3.70. The molecule has 3 heterocycles. The van der Waals surface area contributed by atoms with Gasteiger partial charge in [0, 0.05) is 47.8 Å². The van der Waals surface area contributed by atoms with Crippen molar-refractivity contribution in [2.45, 2.75) is 57.6 Å². The molecule has 1 aliphatic carbocycles. The van der Waals surface area contributed by atoms with Gasteiger partial charge in [-0.1, -0.05) is 23.2 Å². The number of benzene rings is 1. The molecule has 5 rings (SSSR count). The molecule has 8 nitrogen and oxygen atoms in total. The van der Waals surface area contributed by atoms with Crippen molar-refractivity contribution in [3.05, 3.63) is 59.5 Å². The van der Waals surface area contributed by atoms with E-state index >= 15 is 0 Å². The quantitative estimate of drug-likeness (QED) is 0.262. The lowest BCUT2D eigenvalue weighted by Crippen LogP contribution is -2.37. The van der Waals surface area contributed by atoms with Gasteiger partial charge in [-0.3, -0.25) is 0 Å². The summed E-state index contributed by atoms with van der Waals surface area (Å²) in [4.78, 5) is 18.0. The second-order valence-corrected chi connectivity index (χ2v) is 9.57. The van der Waals surface area contributed by atoms with Crippen LogP contribution < -0.4 is 9.64 Å². The maximum absolute atomic E-state index is 13.0. The number of ether oxygens (including phenoxy) is 3. The number of carbonyl (C=O) groups is 1. The van der Waals surface area contributed by atoms with Crippen LogP contribution in [0.5, 0.6) is 5.75 Å². The van der Waals surface area contributed by atoms with E-state index in [1.54, 1.807) is 19.2 Å². The Labute approximate surface area is 229 Å². The number of esters is 1. The largest absolute Gasteiger partial charge is 0.573 e. The zero-order chi connectivity index (χ0) is 28.1. The van der Waals surface area contributed by atoms with Gasteiger partial charge in [0.15, 0.2) is 0 Å². The monoisotopic (exact) mass is 555 g/mol. The fourth-order valence-electron chi connectivity index (χ4n) is 4.61. The van der Waals surface area contributed by atoms with Crippen LogP contribution in [0, 0.1) is 11.8 Å². The van der Waals surface area contributed by atoms with Crippen LogP contribution in [0.3, 0.4) is 0 Å².